The first-order chi connectivity index (χ1) is 7.77. The Kier molecular flexibility index (Phi) is 5.83. The molecule has 1 aliphatic rings. The Morgan fingerprint density at radius 1 is 1.50 bits per heavy atom. The molecule has 5 nitrogen and oxygen atoms in total. The minimum atomic E-state index is -0.137. The molecule has 0 aromatic carbocycles. The number of rotatable bonds is 4. The number of likely N-dealkylation sites (tertiary alicyclic amines) is 1. The van der Waals surface area contributed by atoms with Crippen LogP contribution in [0.1, 0.15) is 25.7 Å². The molecule has 0 spiro atoms. The van der Waals surface area contributed by atoms with Crippen LogP contribution in [0.5, 0.6) is 0 Å². The van der Waals surface area contributed by atoms with E-state index in [1.165, 1.54) is 0 Å². The summed E-state index contributed by atoms with van der Waals surface area (Å²) >= 11 is 0. The molecule has 5 heteroatoms. The molecule has 1 saturated heterocycles. The van der Waals surface area contributed by atoms with Gasteiger partial charge >= 0.3 is 0 Å². The fourth-order valence-corrected chi connectivity index (χ4v) is 2.03. The average molecular weight is 225 g/mol. The fraction of sp³-hybridized carbons (Fsp3) is 0.818. The van der Waals surface area contributed by atoms with Crippen LogP contribution >= 0.6 is 0 Å². The van der Waals surface area contributed by atoms with Gasteiger partial charge in [-0.1, -0.05) is 12.8 Å². The predicted octanol–water partition coefficient (Wildman–Crippen LogP) is -0.137. The van der Waals surface area contributed by atoms with E-state index in [1.807, 2.05) is 11.0 Å². The van der Waals surface area contributed by atoms with Gasteiger partial charge in [0.15, 0.2) is 0 Å². The van der Waals surface area contributed by atoms with Crippen LogP contribution in [0.4, 0.5) is 0 Å². The SMILES string of the molecule is N#CCNC(=O)CN1CCCCCC1CO. The van der Waals surface area contributed by atoms with E-state index in [9.17, 15) is 9.90 Å². The van der Waals surface area contributed by atoms with E-state index in [0.717, 1.165) is 32.2 Å². The van der Waals surface area contributed by atoms with Gasteiger partial charge in [-0.05, 0) is 19.4 Å². The Hall–Kier alpha value is -1.12. The molecule has 1 rings (SSSR count). The van der Waals surface area contributed by atoms with Crippen LogP contribution in [0, 0.1) is 11.3 Å². The first-order valence-corrected chi connectivity index (χ1v) is 5.76. The molecule has 0 saturated carbocycles. The highest BCUT2D eigenvalue weighted by molar-refractivity contribution is 5.78. The van der Waals surface area contributed by atoms with Crippen LogP contribution in [0.25, 0.3) is 0 Å². The highest BCUT2D eigenvalue weighted by Gasteiger charge is 2.21. The molecule has 1 unspecified atom stereocenters. The number of carbonyl (C=O) groups excluding carboxylic acids is 1. The maximum absolute atomic E-state index is 11.5. The van der Waals surface area contributed by atoms with Crippen molar-refractivity contribution in [2.24, 2.45) is 0 Å². The lowest BCUT2D eigenvalue weighted by Gasteiger charge is -2.27. The van der Waals surface area contributed by atoms with Crippen molar-refractivity contribution in [3.63, 3.8) is 0 Å². The quantitative estimate of drug-likeness (QED) is 0.653. The van der Waals surface area contributed by atoms with Crippen molar-refractivity contribution in [1.29, 1.82) is 5.26 Å². The first kappa shape index (κ1) is 12.9. The number of carbonyl (C=O) groups is 1. The highest BCUT2D eigenvalue weighted by atomic mass is 16.3. The van der Waals surface area contributed by atoms with Gasteiger partial charge in [0.2, 0.25) is 5.91 Å². The zero-order valence-electron chi connectivity index (χ0n) is 9.48. The van der Waals surface area contributed by atoms with Crippen LogP contribution in [0.2, 0.25) is 0 Å². The minimum absolute atomic E-state index is 0.0520. The normalized spacial score (nSPS) is 22.1. The summed E-state index contributed by atoms with van der Waals surface area (Å²) in [5.74, 6) is -0.137. The lowest BCUT2D eigenvalue weighted by molar-refractivity contribution is -0.122. The van der Waals surface area contributed by atoms with E-state index < -0.39 is 0 Å². The van der Waals surface area contributed by atoms with Crippen LogP contribution in [0.3, 0.4) is 0 Å². The number of nitrogens with zero attached hydrogens (tertiary/aromatic N) is 2. The van der Waals surface area contributed by atoms with Gasteiger partial charge in [-0.15, -0.1) is 0 Å². The van der Waals surface area contributed by atoms with Gasteiger partial charge in [0.1, 0.15) is 6.54 Å². The largest absolute Gasteiger partial charge is 0.395 e. The van der Waals surface area contributed by atoms with Gasteiger partial charge in [0.25, 0.3) is 0 Å². The van der Waals surface area contributed by atoms with Crippen molar-refractivity contribution in [3.8, 4) is 6.07 Å². The summed E-state index contributed by atoms with van der Waals surface area (Å²) in [6.07, 6.45) is 4.29. The molecular weight excluding hydrogens is 206 g/mol. The summed E-state index contributed by atoms with van der Waals surface area (Å²) in [6, 6.07) is 1.97. The maximum Gasteiger partial charge on any atom is 0.235 e. The summed E-state index contributed by atoms with van der Waals surface area (Å²) in [6.45, 7) is 1.29. The summed E-state index contributed by atoms with van der Waals surface area (Å²) in [5.41, 5.74) is 0. The van der Waals surface area contributed by atoms with Crippen LogP contribution in [-0.4, -0.2) is 48.2 Å². The second-order valence-electron chi connectivity index (χ2n) is 4.09. The third-order valence-electron chi connectivity index (χ3n) is 2.92. The molecule has 1 heterocycles. The smallest absolute Gasteiger partial charge is 0.235 e. The summed E-state index contributed by atoms with van der Waals surface area (Å²) in [5, 5.41) is 20.1. The molecule has 1 atom stereocenters. The number of nitriles is 1. The molecule has 0 aliphatic carbocycles. The summed E-state index contributed by atoms with van der Waals surface area (Å²) in [4.78, 5) is 13.5. The summed E-state index contributed by atoms with van der Waals surface area (Å²) < 4.78 is 0. The average Bonchev–Trinajstić information content (AvgIpc) is 2.51. The second-order valence-corrected chi connectivity index (χ2v) is 4.09. The summed E-state index contributed by atoms with van der Waals surface area (Å²) in [7, 11) is 0. The predicted molar refractivity (Wildman–Crippen MR) is 59.5 cm³/mol. The van der Waals surface area contributed by atoms with Crippen molar-refractivity contribution in [3.05, 3.63) is 0 Å². The van der Waals surface area contributed by atoms with Gasteiger partial charge in [0, 0.05) is 6.04 Å². The lowest BCUT2D eigenvalue weighted by atomic mass is 10.1. The van der Waals surface area contributed by atoms with Crippen LogP contribution in [-0.2, 0) is 4.79 Å². The Bertz CT molecular complexity index is 262. The van der Waals surface area contributed by atoms with Crippen molar-refractivity contribution in [2.45, 2.75) is 31.7 Å². The molecule has 1 aliphatic heterocycles. The van der Waals surface area contributed by atoms with Gasteiger partial charge in [-0.3, -0.25) is 9.69 Å². The molecule has 90 valence electrons. The van der Waals surface area contributed by atoms with E-state index >= 15 is 0 Å². The molecule has 0 aromatic rings. The molecule has 1 fully saturated rings. The number of amides is 1. The van der Waals surface area contributed by atoms with Gasteiger partial charge < -0.3 is 10.4 Å². The van der Waals surface area contributed by atoms with Crippen molar-refractivity contribution >= 4 is 5.91 Å². The second kappa shape index (κ2) is 7.20. The monoisotopic (exact) mass is 225 g/mol. The molecule has 2 N–H and O–H groups in total. The van der Waals surface area contributed by atoms with Crippen molar-refractivity contribution < 1.29 is 9.90 Å². The molecule has 0 radical (unpaired) electrons. The molecule has 16 heavy (non-hydrogen) atoms. The van der Waals surface area contributed by atoms with E-state index in [0.29, 0.717) is 0 Å². The van der Waals surface area contributed by atoms with Gasteiger partial charge in [-0.2, -0.15) is 5.26 Å². The Morgan fingerprint density at radius 2 is 2.31 bits per heavy atom. The van der Waals surface area contributed by atoms with E-state index in [4.69, 9.17) is 5.26 Å². The van der Waals surface area contributed by atoms with Crippen molar-refractivity contribution in [1.82, 2.24) is 10.2 Å². The van der Waals surface area contributed by atoms with E-state index in [2.05, 4.69) is 5.32 Å². The topological polar surface area (TPSA) is 76.4 Å². The first-order valence-electron chi connectivity index (χ1n) is 5.76. The number of hydrogen-bond donors (Lipinski definition) is 2. The third-order valence-corrected chi connectivity index (χ3v) is 2.92. The lowest BCUT2D eigenvalue weighted by Crippen LogP contribution is -2.44. The minimum Gasteiger partial charge on any atom is -0.395 e. The zero-order chi connectivity index (χ0) is 11.8. The zero-order valence-corrected chi connectivity index (χ0v) is 9.48. The maximum atomic E-state index is 11.5. The Labute approximate surface area is 96.0 Å². The van der Waals surface area contributed by atoms with Gasteiger partial charge in [-0.25, -0.2) is 0 Å². The fourth-order valence-electron chi connectivity index (χ4n) is 2.03. The number of aliphatic hydroxyl groups is 1. The molecule has 1 amide bonds. The van der Waals surface area contributed by atoms with Crippen LogP contribution < -0.4 is 5.32 Å². The van der Waals surface area contributed by atoms with E-state index in [1.54, 1.807) is 0 Å². The molecule has 0 aromatic heterocycles. The van der Waals surface area contributed by atoms with E-state index in [-0.39, 0.29) is 31.6 Å². The third kappa shape index (κ3) is 4.17. The highest BCUT2D eigenvalue weighted by Crippen LogP contribution is 2.15. The van der Waals surface area contributed by atoms with Crippen LogP contribution in [0.15, 0.2) is 0 Å². The molecular formula is C11H19N3O2. The molecule has 0 bridgehead atoms. The Balaban J connectivity index is 2.42. The Morgan fingerprint density at radius 3 is 3.00 bits per heavy atom. The number of nitrogens with one attached hydrogen (secondary N) is 1. The standard InChI is InChI=1S/C11H19N3O2/c12-5-6-13-11(16)8-14-7-3-1-2-4-10(14)9-15/h10,15H,1-4,6-9H2,(H,13,16). The number of hydrogen-bond acceptors (Lipinski definition) is 4. The van der Waals surface area contributed by atoms with Gasteiger partial charge in [0.05, 0.1) is 19.2 Å². The number of aliphatic hydroxyl groups excluding tert-OH is 1. The van der Waals surface area contributed by atoms with Crippen molar-refractivity contribution in [2.75, 3.05) is 26.2 Å².